The van der Waals surface area contributed by atoms with E-state index in [1.165, 1.54) is 6.20 Å². The predicted molar refractivity (Wildman–Crippen MR) is 44.0 cm³/mol. The van der Waals surface area contributed by atoms with E-state index in [1.807, 2.05) is 0 Å². The highest BCUT2D eigenvalue weighted by molar-refractivity contribution is 6.43. The molecule has 1 aromatic heterocycles. The number of rotatable bonds is 0. The van der Waals surface area contributed by atoms with E-state index in [-0.39, 0.29) is 0 Å². The Bertz CT molecular complexity index is 232. The predicted octanol–water partition coefficient (Wildman–Crippen LogP) is 3.35. The van der Waals surface area contributed by atoms with Gasteiger partial charge in [0, 0.05) is 11.8 Å². The van der Waals surface area contributed by atoms with Crippen molar-refractivity contribution in [3.8, 4) is 0 Å². The molecule has 0 bridgehead atoms. The molecule has 1 rings (SSSR count). The molecule has 10 heavy (non-hydrogen) atoms. The molecular weight excluding hydrogens is 192 g/mol. The third-order valence-electron chi connectivity index (χ3n) is 1.14. The zero-order valence-electron chi connectivity index (χ0n) is 5.16. The van der Waals surface area contributed by atoms with Gasteiger partial charge in [-0.1, -0.05) is 34.8 Å². The van der Waals surface area contributed by atoms with E-state index >= 15 is 0 Å². The van der Waals surface area contributed by atoms with Gasteiger partial charge in [-0.2, -0.15) is 0 Å². The van der Waals surface area contributed by atoms with Crippen LogP contribution in [-0.4, -0.2) is 4.98 Å². The maximum Gasteiger partial charge on any atom is 0.133 e. The highest BCUT2D eigenvalue weighted by Gasteiger charge is 2.04. The summed E-state index contributed by atoms with van der Waals surface area (Å²) < 4.78 is 0. The summed E-state index contributed by atoms with van der Waals surface area (Å²) in [5.74, 6) is 0. The summed E-state index contributed by atoms with van der Waals surface area (Å²) in [5, 5.41) is 1.31. The van der Waals surface area contributed by atoms with Crippen molar-refractivity contribution in [3.05, 3.63) is 27.0 Å². The van der Waals surface area contributed by atoms with E-state index in [9.17, 15) is 0 Å². The van der Waals surface area contributed by atoms with Crippen molar-refractivity contribution in [2.75, 3.05) is 0 Å². The molecule has 4 heteroatoms. The minimum Gasteiger partial charge on any atom is -0.243 e. The van der Waals surface area contributed by atoms with Crippen molar-refractivity contribution in [2.45, 2.75) is 6.92 Å². The number of halogens is 3. The smallest absolute Gasteiger partial charge is 0.133 e. The van der Waals surface area contributed by atoms with Gasteiger partial charge in [0.05, 0.1) is 10.0 Å². The van der Waals surface area contributed by atoms with Gasteiger partial charge in [0.15, 0.2) is 0 Å². The van der Waals surface area contributed by atoms with E-state index < -0.39 is 0 Å². The lowest BCUT2D eigenvalue weighted by Crippen LogP contribution is -1.82. The van der Waals surface area contributed by atoms with Gasteiger partial charge in [0.1, 0.15) is 5.15 Å². The quantitative estimate of drug-likeness (QED) is 0.580. The van der Waals surface area contributed by atoms with Crippen LogP contribution in [0.5, 0.6) is 0 Å². The maximum absolute atomic E-state index is 5.73. The summed E-state index contributed by atoms with van der Waals surface area (Å²) in [5.41, 5.74) is 0.718. The first kappa shape index (κ1) is 8.12. The summed E-state index contributed by atoms with van der Waals surface area (Å²) in [7, 11) is 0. The van der Waals surface area contributed by atoms with Crippen LogP contribution < -0.4 is 0 Å². The van der Waals surface area contributed by atoms with Gasteiger partial charge >= 0.3 is 0 Å². The molecule has 1 heterocycles. The number of pyridine rings is 1. The van der Waals surface area contributed by atoms with Crippen molar-refractivity contribution >= 4 is 34.8 Å². The molecule has 0 fully saturated rings. The summed E-state index contributed by atoms with van der Waals surface area (Å²) in [6.07, 6.45) is 1.43. The van der Waals surface area contributed by atoms with Crippen LogP contribution in [0.3, 0.4) is 0 Å². The molecule has 0 saturated carbocycles. The lowest BCUT2D eigenvalue weighted by molar-refractivity contribution is 1.27. The second-order valence-electron chi connectivity index (χ2n) is 1.84. The summed E-state index contributed by atoms with van der Waals surface area (Å²) >= 11 is 17.0. The first-order valence-electron chi connectivity index (χ1n) is 2.59. The molecule has 0 atom stereocenters. The van der Waals surface area contributed by atoms with Gasteiger partial charge in [0.25, 0.3) is 0 Å². The van der Waals surface area contributed by atoms with E-state index in [1.54, 1.807) is 6.92 Å². The van der Waals surface area contributed by atoms with Gasteiger partial charge < -0.3 is 0 Å². The molecule has 0 aliphatic rings. The highest BCUT2D eigenvalue weighted by atomic mass is 35.5. The third kappa shape index (κ3) is 1.36. The summed E-state index contributed by atoms with van der Waals surface area (Å²) in [4.78, 5) is 3.79. The van der Waals surface area contributed by atoms with Gasteiger partial charge in [-0.15, -0.1) is 0 Å². The van der Waals surface area contributed by atoms with E-state index in [0.29, 0.717) is 15.2 Å². The molecular formula is C6H4Cl3N. The molecule has 0 N–H and O–H groups in total. The van der Waals surface area contributed by atoms with Crippen LogP contribution in [0.4, 0.5) is 0 Å². The fourth-order valence-corrected chi connectivity index (χ4v) is 1.06. The van der Waals surface area contributed by atoms with Crippen molar-refractivity contribution in [2.24, 2.45) is 0 Å². The second-order valence-corrected chi connectivity index (χ2v) is 2.98. The van der Waals surface area contributed by atoms with Crippen molar-refractivity contribution in [1.29, 1.82) is 0 Å². The Morgan fingerprint density at radius 2 is 1.90 bits per heavy atom. The van der Waals surface area contributed by atoms with Crippen molar-refractivity contribution < 1.29 is 0 Å². The summed E-state index contributed by atoms with van der Waals surface area (Å²) in [6.45, 7) is 1.77. The minimum absolute atomic E-state index is 0.398. The number of hydrogen-bond donors (Lipinski definition) is 0. The van der Waals surface area contributed by atoms with Gasteiger partial charge in [0.2, 0.25) is 0 Å². The van der Waals surface area contributed by atoms with Crippen LogP contribution >= 0.6 is 34.8 Å². The van der Waals surface area contributed by atoms with Crippen LogP contribution in [0.1, 0.15) is 5.56 Å². The fraction of sp³-hybridized carbons (Fsp3) is 0.167. The Hall–Kier alpha value is 0.0200. The van der Waals surface area contributed by atoms with Crippen LogP contribution in [0, 0.1) is 6.92 Å². The minimum atomic E-state index is 0.398. The second kappa shape index (κ2) is 2.95. The average molecular weight is 196 g/mol. The average Bonchev–Trinajstić information content (AvgIpc) is 1.93. The maximum atomic E-state index is 5.73. The largest absolute Gasteiger partial charge is 0.243 e. The van der Waals surface area contributed by atoms with Crippen LogP contribution in [0.25, 0.3) is 0 Å². The summed E-state index contributed by atoms with van der Waals surface area (Å²) in [6, 6.07) is 0. The lowest BCUT2D eigenvalue weighted by atomic mass is 10.3. The molecule has 1 aromatic rings. The fourth-order valence-electron chi connectivity index (χ4n) is 0.537. The highest BCUT2D eigenvalue weighted by Crippen LogP contribution is 2.27. The third-order valence-corrected chi connectivity index (χ3v) is 2.39. The molecule has 0 spiro atoms. The number of aromatic nitrogens is 1. The first-order chi connectivity index (χ1) is 4.63. The topological polar surface area (TPSA) is 12.9 Å². The molecule has 0 aliphatic carbocycles. The van der Waals surface area contributed by atoms with Crippen LogP contribution in [0.15, 0.2) is 6.20 Å². The number of hydrogen-bond acceptors (Lipinski definition) is 1. The zero-order chi connectivity index (χ0) is 7.72. The lowest BCUT2D eigenvalue weighted by Gasteiger charge is -1.99. The van der Waals surface area contributed by atoms with Crippen LogP contribution in [0.2, 0.25) is 15.2 Å². The molecule has 1 nitrogen and oxygen atoms in total. The molecule has 0 aliphatic heterocycles. The van der Waals surface area contributed by atoms with E-state index in [2.05, 4.69) is 4.98 Å². The molecule has 0 aromatic carbocycles. The van der Waals surface area contributed by atoms with E-state index in [0.717, 1.165) is 5.56 Å². The van der Waals surface area contributed by atoms with Gasteiger partial charge in [-0.25, -0.2) is 4.98 Å². The zero-order valence-corrected chi connectivity index (χ0v) is 7.43. The Morgan fingerprint density at radius 3 is 2.40 bits per heavy atom. The van der Waals surface area contributed by atoms with Crippen molar-refractivity contribution in [1.82, 2.24) is 4.98 Å². The Kier molecular flexibility index (Phi) is 2.40. The molecule has 0 amide bonds. The first-order valence-corrected chi connectivity index (χ1v) is 3.72. The molecule has 54 valence electrons. The Balaban J connectivity index is 3.34. The van der Waals surface area contributed by atoms with Crippen molar-refractivity contribution in [3.63, 3.8) is 0 Å². The van der Waals surface area contributed by atoms with E-state index in [4.69, 9.17) is 34.8 Å². The normalized spacial score (nSPS) is 10.0. The van der Waals surface area contributed by atoms with Gasteiger partial charge in [-0.05, 0) is 6.92 Å². The molecule has 0 radical (unpaired) electrons. The standard InChI is InChI=1S/C6H4Cl3N/c1-3-5(8)4(7)2-10-6(3)9/h2H,1H3. The van der Waals surface area contributed by atoms with Crippen LogP contribution in [-0.2, 0) is 0 Å². The number of nitrogens with zero attached hydrogens (tertiary/aromatic N) is 1. The molecule has 0 saturated heterocycles. The molecule has 0 unspecified atom stereocenters. The Morgan fingerprint density at radius 1 is 1.30 bits per heavy atom. The SMILES string of the molecule is Cc1c(Cl)ncc(Cl)c1Cl. The monoisotopic (exact) mass is 195 g/mol. The Labute approximate surface area is 73.9 Å². The van der Waals surface area contributed by atoms with Gasteiger partial charge in [-0.3, -0.25) is 0 Å².